The number of nitrogens with zero attached hydrogens (tertiary/aromatic N) is 1. The van der Waals surface area contributed by atoms with E-state index in [1.165, 1.54) is 18.3 Å². The summed E-state index contributed by atoms with van der Waals surface area (Å²) in [5, 5.41) is 0.352. The standard InChI is InChI=1S/C7H5ClFN/c1-5(9)6-2-3-7(8)10-4-6/h2-4H,1H2. The van der Waals surface area contributed by atoms with E-state index in [4.69, 9.17) is 11.6 Å². The molecule has 1 rings (SSSR count). The molecule has 0 aliphatic carbocycles. The lowest BCUT2D eigenvalue weighted by Crippen LogP contribution is -1.78. The third-order valence-electron chi connectivity index (χ3n) is 1.04. The molecular formula is C7H5ClFN. The van der Waals surface area contributed by atoms with Crippen LogP contribution in [0.2, 0.25) is 5.15 Å². The van der Waals surface area contributed by atoms with E-state index in [-0.39, 0.29) is 0 Å². The van der Waals surface area contributed by atoms with Gasteiger partial charge in [-0.1, -0.05) is 18.2 Å². The van der Waals surface area contributed by atoms with Gasteiger partial charge in [-0.05, 0) is 12.1 Å². The zero-order chi connectivity index (χ0) is 7.56. The fourth-order valence-electron chi connectivity index (χ4n) is 0.536. The molecule has 3 heteroatoms. The minimum Gasteiger partial charge on any atom is -0.244 e. The molecule has 0 amide bonds. The monoisotopic (exact) mass is 157 g/mol. The van der Waals surface area contributed by atoms with Crippen LogP contribution in [0.4, 0.5) is 4.39 Å². The van der Waals surface area contributed by atoms with Crippen LogP contribution in [-0.4, -0.2) is 4.98 Å². The van der Waals surface area contributed by atoms with Crippen molar-refractivity contribution in [3.8, 4) is 0 Å². The van der Waals surface area contributed by atoms with Crippen LogP contribution >= 0.6 is 11.6 Å². The van der Waals surface area contributed by atoms with Crippen molar-refractivity contribution < 1.29 is 4.39 Å². The maximum Gasteiger partial charge on any atom is 0.129 e. The molecule has 0 bridgehead atoms. The number of aromatic nitrogens is 1. The Bertz CT molecular complexity index is 242. The van der Waals surface area contributed by atoms with Crippen molar-refractivity contribution >= 4 is 17.4 Å². The van der Waals surface area contributed by atoms with Crippen LogP contribution in [0.15, 0.2) is 24.9 Å². The zero-order valence-electron chi connectivity index (χ0n) is 5.14. The van der Waals surface area contributed by atoms with Crippen molar-refractivity contribution in [3.05, 3.63) is 35.6 Å². The first kappa shape index (κ1) is 7.22. The Hall–Kier alpha value is -0.890. The van der Waals surface area contributed by atoms with Gasteiger partial charge in [-0.15, -0.1) is 0 Å². The molecule has 0 aliphatic rings. The quantitative estimate of drug-likeness (QED) is 0.572. The second-order valence-electron chi connectivity index (χ2n) is 1.77. The summed E-state index contributed by atoms with van der Waals surface area (Å²) in [5.41, 5.74) is 0.365. The van der Waals surface area contributed by atoms with E-state index in [0.717, 1.165) is 0 Å². The second kappa shape index (κ2) is 2.80. The van der Waals surface area contributed by atoms with Crippen molar-refractivity contribution in [1.29, 1.82) is 0 Å². The summed E-state index contributed by atoms with van der Waals surface area (Å²) in [4.78, 5) is 3.66. The van der Waals surface area contributed by atoms with E-state index in [1.807, 2.05) is 0 Å². The average molecular weight is 158 g/mol. The smallest absolute Gasteiger partial charge is 0.129 e. The molecule has 1 aromatic rings. The van der Waals surface area contributed by atoms with Crippen LogP contribution in [0.5, 0.6) is 0 Å². The predicted molar refractivity (Wildman–Crippen MR) is 39.4 cm³/mol. The molecule has 0 unspecified atom stereocenters. The fraction of sp³-hybridized carbons (Fsp3) is 0. The summed E-state index contributed by atoms with van der Waals surface area (Å²) in [6.45, 7) is 3.11. The third-order valence-corrected chi connectivity index (χ3v) is 1.26. The Balaban J connectivity index is 3.00. The predicted octanol–water partition coefficient (Wildman–Crippen LogP) is 2.68. The van der Waals surface area contributed by atoms with Crippen LogP contribution in [0.1, 0.15) is 5.56 Å². The Kier molecular flexibility index (Phi) is 2.02. The molecular weight excluding hydrogens is 153 g/mol. The number of rotatable bonds is 1. The molecule has 0 aromatic carbocycles. The van der Waals surface area contributed by atoms with Crippen LogP contribution in [-0.2, 0) is 0 Å². The molecule has 0 radical (unpaired) electrons. The van der Waals surface area contributed by atoms with E-state index in [2.05, 4.69) is 11.6 Å². The van der Waals surface area contributed by atoms with Crippen LogP contribution in [0.25, 0.3) is 5.83 Å². The molecule has 0 saturated heterocycles. The summed E-state index contributed by atoms with van der Waals surface area (Å²) in [6, 6.07) is 3.04. The number of pyridine rings is 1. The normalized spacial score (nSPS) is 9.40. The van der Waals surface area contributed by atoms with Crippen molar-refractivity contribution in [2.75, 3.05) is 0 Å². The Morgan fingerprint density at radius 3 is 2.70 bits per heavy atom. The summed E-state index contributed by atoms with van der Waals surface area (Å²) >= 11 is 5.45. The second-order valence-corrected chi connectivity index (χ2v) is 2.16. The topological polar surface area (TPSA) is 12.9 Å². The first-order valence-corrected chi connectivity index (χ1v) is 3.04. The van der Waals surface area contributed by atoms with Gasteiger partial charge in [0.25, 0.3) is 0 Å². The van der Waals surface area contributed by atoms with Gasteiger partial charge in [0.05, 0.1) is 0 Å². The van der Waals surface area contributed by atoms with Crippen LogP contribution in [0, 0.1) is 0 Å². The molecule has 1 heterocycles. The van der Waals surface area contributed by atoms with Crippen molar-refractivity contribution in [3.63, 3.8) is 0 Å². The van der Waals surface area contributed by atoms with Gasteiger partial charge in [-0.2, -0.15) is 0 Å². The molecule has 52 valence electrons. The van der Waals surface area contributed by atoms with E-state index >= 15 is 0 Å². The largest absolute Gasteiger partial charge is 0.244 e. The summed E-state index contributed by atoms with van der Waals surface area (Å²) in [6.07, 6.45) is 1.34. The maximum atomic E-state index is 12.3. The molecule has 0 aliphatic heterocycles. The van der Waals surface area contributed by atoms with Crippen LogP contribution < -0.4 is 0 Å². The van der Waals surface area contributed by atoms with Crippen molar-refractivity contribution in [2.24, 2.45) is 0 Å². The van der Waals surface area contributed by atoms with Crippen molar-refractivity contribution in [1.82, 2.24) is 4.98 Å². The Labute approximate surface area is 63.2 Å². The van der Waals surface area contributed by atoms with Gasteiger partial charge in [0, 0.05) is 11.8 Å². The van der Waals surface area contributed by atoms with Gasteiger partial charge in [0.2, 0.25) is 0 Å². The number of hydrogen-bond acceptors (Lipinski definition) is 1. The summed E-state index contributed by atoms with van der Waals surface area (Å²) < 4.78 is 12.3. The highest BCUT2D eigenvalue weighted by atomic mass is 35.5. The minimum absolute atomic E-state index is 0.352. The first-order valence-electron chi connectivity index (χ1n) is 2.66. The molecule has 0 saturated carbocycles. The minimum atomic E-state index is -0.496. The lowest BCUT2D eigenvalue weighted by molar-refractivity contribution is 0.762. The average Bonchev–Trinajstić information content (AvgIpc) is 1.88. The zero-order valence-corrected chi connectivity index (χ0v) is 5.90. The molecule has 0 N–H and O–H groups in total. The van der Waals surface area contributed by atoms with Gasteiger partial charge in [-0.25, -0.2) is 9.37 Å². The van der Waals surface area contributed by atoms with Gasteiger partial charge in [0.1, 0.15) is 11.0 Å². The van der Waals surface area contributed by atoms with E-state index in [1.54, 1.807) is 0 Å². The van der Waals surface area contributed by atoms with Gasteiger partial charge in [0.15, 0.2) is 0 Å². The molecule has 0 spiro atoms. The Morgan fingerprint density at radius 2 is 2.30 bits per heavy atom. The third kappa shape index (κ3) is 1.54. The Morgan fingerprint density at radius 1 is 1.60 bits per heavy atom. The highest BCUT2D eigenvalue weighted by Crippen LogP contribution is 2.13. The molecule has 0 atom stereocenters. The van der Waals surface area contributed by atoms with Gasteiger partial charge < -0.3 is 0 Å². The summed E-state index contributed by atoms with van der Waals surface area (Å²) in [7, 11) is 0. The first-order chi connectivity index (χ1) is 4.70. The lowest BCUT2D eigenvalue weighted by Gasteiger charge is -1.93. The van der Waals surface area contributed by atoms with Crippen molar-refractivity contribution in [2.45, 2.75) is 0 Å². The fourth-order valence-corrected chi connectivity index (χ4v) is 0.648. The number of halogens is 2. The molecule has 10 heavy (non-hydrogen) atoms. The molecule has 0 fully saturated rings. The molecule has 1 nitrogen and oxygen atoms in total. The lowest BCUT2D eigenvalue weighted by atomic mass is 10.3. The molecule has 1 aromatic heterocycles. The highest BCUT2D eigenvalue weighted by molar-refractivity contribution is 6.29. The number of hydrogen-bond donors (Lipinski definition) is 0. The van der Waals surface area contributed by atoms with E-state index in [9.17, 15) is 4.39 Å². The van der Waals surface area contributed by atoms with Crippen LogP contribution in [0.3, 0.4) is 0 Å². The van der Waals surface area contributed by atoms with E-state index < -0.39 is 5.83 Å². The van der Waals surface area contributed by atoms with Gasteiger partial charge >= 0.3 is 0 Å². The van der Waals surface area contributed by atoms with E-state index in [0.29, 0.717) is 10.7 Å². The maximum absolute atomic E-state index is 12.3. The van der Waals surface area contributed by atoms with Gasteiger partial charge in [-0.3, -0.25) is 0 Å². The highest BCUT2D eigenvalue weighted by Gasteiger charge is 1.95. The SMILES string of the molecule is C=C(F)c1ccc(Cl)nc1. The summed E-state index contributed by atoms with van der Waals surface area (Å²) in [5.74, 6) is -0.496.